The van der Waals surface area contributed by atoms with E-state index in [9.17, 15) is 14.9 Å². The van der Waals surface area contributed by atoms with E-state index < -0.39 is 0 Å². The van der Waals surface area contributed by atoms with Gasteiger partial charge in [0, 0.05) is 28.8 Å². The predicted molar refractivity (Wildman–Crippen MR) is 99.5 cm³/mol. The first-order chi connectivity index (χ1) is 12.6. The second-order valence-corrected chi connectivity index (χ2v) is 7.26. The molecule has 6 heteroatoms. The van der Waals surface area contributed by atoms with Gasteiger partial charge in [-0.2, -0.15) is 5.26 Å². The Labute approximate surface area is 156 Å². The van der Waals surface area contributed by atoms with Crippen molar-refractivity contribution in [2.75, 3.05) is 13.1 Å². The van der Waals surface area contributed by atoms with Crippen LogP contribution in [0.3, 0.4) is 0 Å². The molecule has 2 aromatic carbocycles. The second kappa shape index (κ2) is 8.07. The van der Waals surface area contributed by atoms with E-state index in [1.165, 1.54) is 11.8 Å². The molecule has 0 unspecified atom stereocenters. The first kappa shape index (κ1) is 18.0. The number of nitrogens with zero attached hydrogens (tertiary/aromatic N) is 2. The molecule has 0 aliphatic carbocycles. The van der Waals surface area contributed by atoms with E-state index in [0.717, 1.165) is 9.79 Å². The zero-order chi connectivity index (χ0) is 18.5. The third-order valence-corrected chi connectivity index (χ3v) is 5.68. The quantitative estimate of drug-likeness (QED) is 0.902. The number of piperidine rings is 1. The molecule has 5 nitrogen and oxygen atoms in total. The van der Waals surface area contributed by atoms with Crippen molar-refractivity contribution in [3.8, 4) is 6.07 Å². The standard InChI is InChI=1S/C20H19N3O2S/c21-13-15-5-1-3-7-17(15)26-18-8-4-2-6-16(18)20(25)23-11-9-14(10-12-23)19(22)24/h1-8,14H,9-12H2,(H2,22,24). The normalized spacial score (nSPS) is 14.7. The zero-order valence-electron chi connectivity index (χ0n) is 14.2. The van der Waals surface area contributed by atoms with Gasteiger partial charge in [-0.15, -0.1) is 0 Å². The van der Waals surface area contributed by atoms with Crippen LogP contribution in [-0.2, 0) is 4.79 Å². The van der Waals surface area contributed by atoms with Crippen LogP contribution in [0.25, 0.3) is 0 Å². The molecule has 0 saturated carbocycles. The Bertz CT molecular complexity index is 867. The van der Waals surface area contributed by atoms with Gasteiger partial charge in [0.1, 0.15) is 6.07 Å². The van der Waals surface area contributed by atoms with Crippen molar-refractivity contribution in [3.05, 3.63) is 59.7 Å². The summed E-state index contributed by atoms with van der Waals surface area (Å²) in [5, 5.41) is 9.27. The highest BCUT2D eigenvalue weighted by Crippen LogP contribution is 2.33. The lowest BCUT2D eigenvalue weighted by Gasteiger charge is -2.31. The average molecular weight is 365 g/mol. The highest BCUT2D eigenvalue weighted by Gasteiger charge is 2.27. The fourth-order valence-corrected chi connectivity index (χ4v) is 4.06. The summed E-state index contributed by atoms with van der Waals surface area (Å²) in [6, 6.07) is 16.9. The van der Waals surface area contributed by atoms with E-state index in [2.05, 4.69) is 6.07 Å². The number of rotatable bonds is 4. The zero-order valence-corrected chi connectivity index (χ0v) is 15.0. The van der Waals surface area contributed by atoms with Crippen molar-refractivity contribution in [1.29, 1.82) is 5.26 Å². The number of nitriles is 1. The third kappa shape index (κ3) is 3.89. The maximum Gasteiger partial charge on any atom is 0.255 e. The number of carbonyl (C=O) groups excluding carboxylic acids is 2. The molecule has 0 radical (unpaired) electrons. The highest BCUT2D eigenvalue weighted by atomic mass is 32.2. The molecular weight excluding hydrogens is 346 g/mol. The number of amides is 2. The summed E-state index contributed by atoms with van der Waals surface area (Å²) in [5.74, 6) is -0.488. The molecule has 1 saturated heterocycles. The van der Waals surface area contributed by atoms with Crippen molar-refractivity contribution in [2.45, 2.75) is 22.6 Å². The van der Waals surface area contributed by atoms with E-state index in [0.29, 0.717) is 37.1 Å². The van der Waals surface area contributed by atoms with Gasteiger partial charge in [0.15, 0.2) is 0 Å². The van der Waals surface area contributed by atoms with Crippen LogP contribution in [0.5, 0.6) is 0 Å². The Balaban J connectivity index is 1.80. The average Bonchev–Trinajstić information content (AvgIpc) is 2.68. The lowest BCUT2D eigenvalue weighted by molar-refractivity contribution is -0.123. The summed E-state index contributed by atoms with van der Waals surface area (Å²) in [6.07, 6.45) is 1.21. The van der Waals surface area contributed by atoms with Gasteiger partial charge in [-0.25, -0.2) is 0 Å². The number of benzene rings is 2. The van der Waals surface area contributed by atoms with Crippen molar-refractivity contribution >= 4 is 23.6 Å². The molecule has 1 heterocycles. The lowest BCUT2D eigenvalue weighted by Crippen LogP contribution is -2.41. The monoisotopic (exact) mass is 365 g/mol. The topological polar surface area (TPSA) is 87.2 Å². The number of hydrogen-bond donors (Lipinski definition) is 1. The SMILES string of the molecule is N#Cc1ccccc1Sc1ccccc1C(=O)N1CCC(C(N)=O)CC1. The third-order valence-electron chi connectivity index (χ3n) is 4.53. The maximum absolute atomic E-state index is 13.0. The van der Waals surface area contributed by atoms with Crippen molar-refractivity contribution < 1.29 is 9.59 Å². The molecule has 2 aromatic rings. The molecule has 26 heavy (non-hydrogen) atoms. The first-order valence-corrected chi connectivity index (χ1v) is 9.26. The molecule has 0 aromatic heterocycles. The Hall–Kier alpha value is -2.78. The van der Waals surface area contributed by atoms with Gasteiger partial charge in [-0.1, -0.05) is 36.0 Å². The number of primary amides is 1. The van der Waals surface area contributed by atoms with E-state index >= 15 is 0 Å². The second-order valence-electron chi connectivity index (χ2n) is 6.18. The van der Waals surface area contributed by atoms with Crippen molar-refractivity contribution in [2.24, 2.45) is 11.7 Å². The van der Waals surface area contributed by atoms with E-state index in [-0.39, 0.29) is 17.7 Å². The molecule has 0 bridgehead atoms. The first-order valence-electron chi connectivity index (χ1n) is 8.44. The van der Waals surface area contributed by atoms with Crippen LogP contribution < -0.4 is 5.73 Å². The minimum Gasteiger partial charge on any atom is -0.369 e. The van der Waals surface area contributed by atoms with Crippen LogP contribution in [0.2, 0.25) is 0 Å². The molecule has 3 rings (SSSR count). The Morgan fingerprint density at radius 1 is 1.04 bits per heavy atom. The van der Waals surface area contributed by atoms with Crippen LogP contribution in [0.15, 0.2) is 58.3 Å². The molecule has 2 N–H and O–H groups in total. The summed E-state index contributed by atoms with van der Waals surface area (Å²) in [4.78, 5) is 27.7. The van der Waals surface area contributed by atoms with Gasteiger partial charge in [-0.3, -0.25) is 9.59 Å². The minimum absolute atomic E-state index is 0.0505. The number of nitrogens with two attached hydrogens (primary N) is 1. The molecule has 1 aliphatic rings. The smallest absolute Gasteiger partial charge is 0.255 e. The molecule has 132 valence electrons. The summed E-state index contributed by atoms with van der Waals surface area (Å²) in [6.45, 7) is 1.06. The van der Waals surface area contributed by atoms with Crippen LogP contribution in [-0.4, -0.2) is 29.8 Å². The molecule has 1 fully saturated rings. The Morgan fingerprint density at radius 3 is 2.31 bits per heavy atom. The molecule has 0 atom stereocenters. The predicted octanol–water partition coefficient (Wildman–Crippen LogP) is 3.05. The minimum atomic E-state index is -0.291. The van der Waals surface area contributed by atoms with E-state index in [1.807, 2.05) is 36.4 Å². The van der Waals surface area contributed by atoms with Crippen molar-refractivity contribution in [3.63, 3.8) is 0 Å². The van der Waals surface area contributed by atoms with Crippen LogP contribution in [0, 0.1) is 17.2 Å². The van der Waals surface area contributed by atoms with Crippen LogP contribution in [0.4, 0.5) is 0 Å². The lowest BCUT2D eigenvalue weighted by atomic mass is 9.96. The van der Waals surface area contributed by atoms with Gasteiger partial charge in [0.05, 0.1) is 11.1 Å². The summed E-state index contributed by atoms with van der Waals surface area (Å²) < 4.78 is 0. The highest BCUT2D eigenvalue weighted by molar-refractivity contribution is 7.99. The van der Waals surface area contributed by atoms with Crippen LogP contribution in [0.1, 0.15) is 28.8 Å². The van der Waals surface area contributed by atoms with E-state index in [1.54, 1.807) is 17.0 Å². The van der Waals surface area contributed by atoms with Crippen molar-refractivity contribution in [1.82, 2.24) is 4.90 Å². The van der Waals surface area contributed by atoms with Gasteiger partial charge >= 0.3 is 0 Å². The molecule has 0 spiro atoms. The van der Waals surface area contributed by atoms with Gasteiger partial charge in [-0.05, 0) is 37.1 Å². The van der Waals surface area contributed by atoms with E-state index in [4.69, 9.17) is 5.73 Å². The Morgan fingerprint density at radius 2 is 1.65 bits per heavy atom. The van der Waals surface area contributed by atoms with Gasteiger partial charge in [0.25, 0.3) is 5.91 Å². The summed E-state index contributed by atoms with van der Waals surface area (Å²) in [5.41, 5.74) is 6.56. The summed E-state index contributed by atoms with van der Waals surface area (Å²) in [7, 11) is 0. The molecule has 1 aliphatic heterocycles. The number of carbonyl (C=O) groups is 2. The van der Waals surface area contributed by atoms with Gasteiger partial charge in [0.2, 0.25) is 5.91 Å². The largest absolute Gasteiger partial charge is 0.369 e. The number of hydrogen-bond acceptors (Lipinski definition) is 4. The summed E-state index contributed by atoms with van der Waals surface area (Å²) >= 11 is 1.42. The fraction of sp³-hybridized carbons (Fsp3) is 0.250. The van der Waals surface area contributed by atoms with Crippen LogP contribution >= 0.6 is 11.8 Å². The molecular formula is C20H19N3O2S. The fourth-order valence-electron chi connectivity index (χ4n) is 3.04. The molecule has 2 amide bonds. The Kier molecular flexibility index (Phi) is 5.59. The number of likely N-dealkylation sites (tertiary alicyclic amines) is 1. The maximum atomic E-state index is 13.0. The van der Waals surface area contributed by atoms with Gasteiger partial charge < -0.3 is 10.6 Å².